The van der Waals surface area contributed by atoms with E-state index < -0.39 is 12.6 Å². The molecule has 15 heavy (non-hydrogen) atoms. The molecular formula is C10H12FNO3. The Kier molecular flexibility index (Phi) is 3.91. The molecule has 0 bridgehead atoms. The third-order valence-electron chi connectivity index (χ3n) is 1.80. The van der Waals surface area contributed by atoms with Crippen LogP contribution in [0.2, 0.25) is 0 Å². The monoisotopic (exact) mass is 213 g/mol. The van der Waals surface area contributed by atoms with Crippen LogP contribution in [0.25, 0.3) is 0 Å². The first-order valence-electron chi connectivity index (χ1n) is 4.46. The third kappa shape index (κ3) is 3.12. The highest BCUT2D eigenvalue weighted by Gasteiger charge is 2.07. The molecule has 1 rings (SSSR count). The molecule has 1 aromatic rings. The fraction of sp³-hybridized carbons (Fsp3) is 0.300. The highest BCUT2D eigenvalue weighted by Crippen LogP contribution is 2.22. The molecule has 0 atom stereocenters. The second-order valence-electron chi connectivity index (χ2n) is 2.95. The van der Waals surface area contributed by atoms with E-state index in [9.17, 15) is 9.18 Å². The van der Waals surface area contributed by atoms with E-state index in [4.69, 9.17) is 15.6 Å². The lowest BCUT2D eigenvalue weighted by molar-refractivity contribution is 0.0696. The molecule has 0 aliphatic carbocycles. The molecule has 4 nitrogen and oxygen atoms in total. The van der Waals surface area contributed by atoms with Crippen molar-refractivity contribution in [2.75, 3.05) is 19.0 Å². The van der Waals surface area contributed by atoms with Gasteiger partial charge >= 0.3 is 5.97 Å². The predicted molar refractivity (Wildman–Crippen MR) is 53.9 cm³/mol. The molecular weight excluding hydrogens is 201 g/mol. The predicted octanol–water partition coefficient (Wildman–Crippen LogP) is 1.71. The summed E-state index contributed by atoms with van der Waals surface area (Å²) in [6.45, 7) is -0.289. The van der Waals surface area contributed by atoms with Gasteiger partial charge in [-0.2, -0.15) is 0 Å². The van der Waals surface area contributed by atoms with Gasteiger partial charge in [-0.1, -0.05) is 0 Å². The fourth-order valence-corrected chi connectivity index (χ4v) is 1.03. The number of nitrogen functional groups attached to an aromatic ring is 1. The van der Waals surface area contributed by atoms with Gasteiger partial charge in [0.15, 0.2) is 0 Å². The quantitative estimate of drug-likeness (QED) is 0.576. The van der Waals surface area contributed by atoms with Crippen LogP contribution in [0.15, 0.2) is 18.2 Å². The Balaban J connectivity index is 2.76. The van der Waals surface area contributed by atoms with E-state index in [2.05, 4.69) is 0 Å². The fourth-order valence-electron chi connectivity index (χ4n) is 1.03. The summed E-state index contributed by atoms with van der Waals surface area (Å²) in [6, 6.07) is 4.17. The number of nitrogens with two attached hydrogens (primary N) is 1. The van der Waals surface area contributed by atoms with Gasteiger partial charge in [-0.15, -0.1) is 0 Å². The van der Waals surface area contributed by atoms with Crippen LogP contribution >= 0.6 is 0 Å². The number of hydrogen-bond acceptors (Lipinski definition) is 3. The second kappa shape index (κ2) is 5.19. The molecule has 1 aromatic carbocycles. The number of aromatic carboxylic acids is 1. The molecule has 0 unspecified atom stereocenters. The van der Waals surface area contributed by atoms with Crippen molar-refractivity contribution in [2.45, 2.75) is 6.42 Å². The highest BCUT2D eigenvalue weighted by molar-refractivity contribution is 5.89. The highest BCUT2D eigenvalue weighted by atomic mass is 19.1. The zero-order valence-electron chi connectivity index (χ0n) is 8.07. The van der Waals surface area contributed by atoms with Crippen molar-refractivity contribution in [1.29, 1.82) is 0 Å². The van der Waals surface area contributed by atoms with Gasteiger partial charge in [0.1, 0.15) is 5.75 Å². The maximum Gasteiger partial charge on any atom is 0.335 e. The summed E-state index contributed by atoms with van der Waals surface area (Å²) in [5.74, 6) is -0.770. The summed E-state index contributed by atoms with van der Waals surface area (Å²) in [6.07, 6.45) is 0.261. The molecule has 0 aromatic heterocycles. The maximum atomic E-state index is 11.8. The van der Waals surface area contributed by atoms with Crippen molar-refractivity contribution < 1.29 is 19.0 Å². The molecule has 3 N–H and O–H groups in total. The van der Waals surface area contributed by atoms with Crippen LogP contribution in [0.3, 0.4) is 0 Å². The van der Waals surface area contributed by atoms with Crippen LogP contribution in [0.5, 0.6) is 5.75 Å². The minimum absolute atomic E-state index is 0.0967. The average molecular weight is 213 g/mol. The minimum Gasteiger partial charge on any atom is -0.491 e. The Morgan fingerprint density at radius 1 is 1.53 bits per heavy atom. The zero-order chi connectivity index (χ0) is 11.3. The Labute approximate surface area is 86.5 Å². The molecule has 5 heteroatoms. The lowest BCUT2D eigenvalue weighted by Gasteiger charge is -2.08. The summed E-state index contributed by atoms with van der Waals surface area (Å²) >= 11 is 0. The van der Waals surface area contributed by atoms with E-state index in [1.807, 2.05) is 0 Å². The number of ether oxygens (including phenoxy) is 1. The van der Waals surface area contributed by atoms with Gasteiger partial charge in [-0.3, -0.25) is 4.39 Å². The molecule has 0 spiro atoms. The van der Waals surface area contributed by atoms with Gasteiger partial charge in [0, 0.05) is 6.42 Å². The van der Waals surface area contributed by atoms with E-state index in [1.165, 1.54) is 18.2 Å². The number of alkyl halides is 1. The number of carboxylic acid groups (broad SMARTS) is 1. The van der Waals surface area contributed by atoms with Crippen molar-refractivity contribution in [1.82, 2.24) is 0 Å². The normalized spacial score (nSPS) is 9.93. The van der Waals surface area contributed by atoms with Crippen LogP contribution in [0.4, 0.5) is 10.1 Å². The number of anilines is 1. The Bertz CT molecular complexity index is 355. The van der Waals surface area contributed by atoms with Crippen molar-refractivity contribution in [3.05, 3.63) is 23.8 Å². The molecule has 0 saturated heterocycles. The van der Waals surface area contributed by atoms with Gasteiger partial charge in [0.2, 0.25) is 0 Å². The average Bonchev–Trinajstić information content (AvgIpc) is 2.20. The summed E-state index contributed by atoms with van der Waals surface area (Å²) in [5, 5.41) is 8.72. The molecule has 0 heterocycles. The van der Waals surface area contributed by atoms with Crippen molar-refractivity contribution in [2.24, 2.45) is 0 Å². The number of carboxylic acids is 1. The van der Waals surface area contributed by atoms with Crippen LogP contribution in [-0.2, 0) is 0 Å². The maximum absolute atomic E-state index is 11.8. The molecule has 0 aliphatic rings. The van der Waals surface area contributed by atoms with E-state index >= 15 is 0 Å². The van der Waals surface area contributed by atoms with Crippen LogP contribution < -0.4 is 10.5 Å². The van der Waals surface area contributed by atoms with Gasteiger partial charge < -0.3 is 15.6 Å². The van der Waals surface area contributed by atoms with E-state index in [1.54, 1.807) is 0 Å². The number of halogens is 1. The molecule has 0 amide bonds. The lowest BCUT2D eigenvalue weighted by atomic mass is 10.2. The van der Waals surface area contributed by atoms with Crippen molar-refractivity contribution in [3.8, 4) is 5.75 Å². The third-order valence-corrected chi connectivity index (χ3v) is 1.80. The largest absolute Gasteiger partial charge is 0.491 e. The first-order chi connectivity index (χ1) is 7.15. The van der Waals surface area contributed by atoms with E-state index in [-0.39, 0.29) is 24.3 Å². The van der Waals surface area contributed by atoms with Crippen LogP contribution in [-0.4, -0.2) is 24.4 Å². The number of hydrogen-bond donors (Lipinski definition) is 2. The van der Waals surface area contributed by atoms with Crippen molar-refractivity contribution >= 4 is 11.7 Å². The van der Waals surface area contributed by atoms with Gasteiger partial charge in [0.25, 0.3) is 0 Å². The van der Waals surface area contributed by atoms with Gasteiger partial charge in [-0.05, 0) is 18.2 Å². The van der Waals surface area contributed by atoms with Crippen molar-refractivity contribution in [3.63, 3.8) is 0 Å². The summed E-state index contributed by atoms with van der Waals surface area (Å²) in [7, 11) is 0. The minimum atomic E-state index is -1.05. The summed E-state index contributed by atoms with van der Waals surface area (Å²) in [4.78, 5) is 10.6. The van der Waals surface area contributed by atoms with E-state index in [0.717, 1.165) is 0 Å². The Morgan fingerprint density at radius 2 is 2.27 bits per heavy atom. The molecule has 82 valence electrons. The number of benzene rings is 1. The van der Waals surface area contributed by atoms with E-state index in [0.29, 0.717) is 5.69 Å². The summed E-state index contributed by atoms with van der Waals surface area (Å²) < 4.78 is 16.9. The lowest BCUT2D eigenvalue weighted by Crippen LogP contribution is -2.03. The molecule has 0 fully saturated rings. The number of carbonyl (C=O) groups is 1. The standard InChI is InChI=1S/C10H12FNO3/c11-4-1-5-15-9-6-7(10(13)14)2-3-8(9)12/h2-3,6H,1,4-5,12H2,(H,13,14). The van der Waals surface area contributed by atoms with Gasteiger partial charge in [-0.25, -0.2) is 4.79 Å². The van der Waals surface area contributed by atoms with Crippen LogP contribution in [0, 0.1) is 0 Å². The number of rotatable bonds is 5. The van der Waals surface area contributed by atoms with Crippen LogP contribution in [0.1, 0.15) is 16.8 Å². The summed E-state index contributed by atoms with van der Waals surface area (Å²) in [5.41, 5.74) is 6.00. The Hall–Kier alpha value is -1.78. The first kappa shape index (κ1) is 11.3. The smallest absolute Gasteiger partial charge is 0.335 e. The molecule has 0 radical (unpaired) electrons. The molecule has 0 aliphatic heterocycles. The first-order valence-corrected chi connectivity index (χ1v) is 4.46. The second-order valence-corrected chi connectivity index (χ2v) is 2.95. The SMILES string of the molecule is Nc1ccc(C(=O)O)cc1OCCCF. The zero-order valence-corrected chi connectivity index (χ0v) is 8.07. The van der Waals surface area contributed by atoms with Gasteiger partial charge in [0.05, 0.1) is 24.5 Å². The Morgan fingerprint density at radius 3 is 2.87 bits per heavy atom. The topological polar surface area (TPSA) is 72.6 Å². The molecule has 0 saturated carbocycles.